The molecule has 18 heavy (non-hydrogen) atoms. The number of likely N-dealkylation sites (tertiary alicyclic amines) is 1. The van der Waals surface area contributed by atoms with Gasteiger partial charge in [-0.3, -0.25) is 4.79 Å². The van der Waals surface area contributed by atoms with Crippen molar-refractivity contribution < 1.29 is 9.53 Å². The molecule has 0 radical (unpaired) electrons. The molecule has 1 heterocycles. The number of carbonyl (C=O) groups excluding carboxylic acids is 1. The van der Waals surface area contributed by atoms with E-state index in [-0.39, 0.29) is 12.0 Å². The van der Waals surface area contributed by atoms with E-state index in [2.05, 4.69) is 10.2 Å². The Morgan fingerprint density at radius 3 is 2.72 bits per heavy atom. The minimum Gasteiger partial charge on any atom is -0.468 e. The summed E-state index contributed by atoms with van der Waals surface area (Å²) in [6.07, 6.45) is 6.92. The Morgan fingerprint density at radius 1 is 1.33 bits per heavy atom. The van der Waals surface area contributed by atoms with Crippen LogP contribution in [-0.4, -0.2) is 50.7 Å². The summed E-state index contributed by atoms with van der Waals surface area (Å²) in [6, 6.07) is -0.185. The van der Waals surface area contributed by atoms with E-state index in [4.69, 9.17) is 4.74 Å². The second kappa shape index (κ2) is 6.53. The molecule has 4 nitrogen and oxygen atoms in total. The number of methoxy groups -OCH3 is 1. The number of esters is 1. The van der Waals surface area contributed by atoms with Gasteiger partial charge in [0.15, 0.2) is 0 Å². The van der Waals surface area contributed by atoms with Gasteiger partial charge in [0.1, 0.15) is 6.04 Å². The number of rotatable bonds is 4. The van der Waals surface area contributed by atoms with E-state index in [0.29, 0.717) is 0 Å². The Hall–Kier alpha value is -0.610. The zero-order chi connectivity index (χ0) is 13.0. The van der Waals surface area contributed by atoms with Gasteiger partial charge in [0.2, 0.25) is 0 Å². The van der Waals surface area contributed by atoms with Crippen LogP contribution >= 0.6 is 0 Å². The van der Waals surface area contributed by atoms with Crippen molar-refractivity contribution >= 4 is 5.97 Å². The molecule has 0 aromatic heterocycles. The molecule has 0 amide bonds. The molecule has 1 N–H and O–H groups in total. The van der Waals surface area contributed by atoms with Crippen LogP contribution in [0.4, 0.5) is 0 Å². The maximum absolute atomic E-state index is 11.6. The number of hydrogen-bond acceptors (Lipinski definition) is 4. The van der Waals surface area contributed by atoms with Gasteiger partial charge in [-0.25, -0.2) is 0 Å². The van der Waals surface area contributed by atoms with Gasteiger partial charge in [-0.1, -0.05) is 19.3 Å². The third-order valence-electron chi connectivity index (χ3n) is 4.65. The van der Waals surface area contributed by atoms with Crippen LogP contribution in [0.2, 0.25) is 0 Å². The number of nitrogens with one attached hydrogen (secondary N) is 1. The molecular formula is C14H26N2O2. The van der Waals surface area contributed by atoms with Crippen LogP contribution in [0.1, 0.15) is 32.1 Å². The first kappa shape index (κ1) is 13.8. The molecule has 3 atom stereocenters. The average molecular weight is 254 g/mol. The third kappa shape index (κ3) is 3.23. The molecule has 2 fully saturated rings. The van der Waals surface area contributed by atoms with Crippen molar-refractivity contribution in [3.8, 4) is 0 Å². The minimum absolute atomic E-state index is 0.150. The third-order valence-corrected chi connectivity index (χ3v) is 4.65. The molecule has 4 heteroatoms. The molecule has 1 saturated carbocycles. The highest BCUT2D eigenvalue weighted by atomic mass is 16.5. The van der Waals surface area contributed by atoms with Crippen LogP contribution in [0.25, 0.3) is 0 Å². The van der Waals surface area contributed by atoms with E-state index in [1.165, 1.54) is 45.8 Å². The molecule has 0 aromatic carbocycles. The lowest BCUT2D eigenvalue weighted by Gasteiger charge is -2.42. The van der Waals surface area contributed by atoms with Gasteiger partial charge < -0.3 is 15.0 Å². The first-order valence-electron chi connectivity index (χ1n) is 7.22. The number of fused-ring (bicyclic) bond motifs is 1. The van der Waals surface area contributed by atoms with Gasteiger partial charge in [0, 0.05) is 13.1 Å². The van der Waals surface area contributed by atoms with Gasteiger partial charge in [-0.15, -0.1) is 0 Å². The SMILES string of the molecule is CNC(CN1CCC2CCCCC2C1)C(=O)OC. The lowest BCUT2D eigenvalue weighted by atomic mass is 9.75. The molecule has 3 unspecified atom stereocenters. The second-order valence-corrected chi connectivity index (χ2v) is 5.72. The molecule has 1 aliphatic heterocycles. The number of nitrogens with zero attached hydrogens (tertiary/aromatic N) is 1. The van der Waals surface area contributed by atoms with Gasteiger partial charge in [-0.05, 0) is 38.3 Å². The summed E-state index contributed by atoms with van der Waals surface area (Å²) < 4.78 is 4.82. The summed E-state index contributed by atoms with van der Waals surface area (Å²) in [4.78, 5) is 14.0. The van der Waals surface area contributed by atoms with Crippen molar-refractivity contribution in [3.05, 3.63) is 0 Å². The molecule has 0 aromatic rings. The molecular weight excluding hydrogens is 228 g/mol. The highest BCUT2D eigenvalue weighted by molar-refractivity contribution is 5.75. The van der Waals surface area contributed by atoms with E-state index < -0.39 is 0 Å². The number of carbonyl (C=O) groups is 1. The fraction of sp³-hybridized carbons (Fsp3) is 0.929. The monoisotopic (exact) mass is 254 g/mol. The van der Waals surface area contributed by atoms with Crippen LogP contribution < -0.4 is 5.32 Å². The van der Waals surface area contributed by atoms with Crippen molar-refractivity contribution in [1.29, 1.82) is 0 Å². The van der Waals surface area contributed by atoms with E-state index >= 15 is 0 Å². The minimum atomic E-state index is -0.185. The van der Waals surface area contributed by atoms with Crippen LogP contribution in [-0.2, 0) is 9.53 Å². The summed E-state index contributed by atoms with van der Waals surface area (Å²) in [6.45, 7) is 3.09. The first-order valence-corrected chi connectivity index (χ1v) is 7.22. The zero-order valence-electron chi connectivity index (χ0n) is 11.7. The second-order valence-electron chi connectivity index (χ2n) is 5.72. The lowest BCUT2D eigenvalue weighted by molar-refractivity contribution is -0.143. The molecule has 0 bridgehead atoms. The number of likely N-dealkylation sites (N-methyl/N-ethyl adjacent to an activating group) is 1. The molecule has 0 spiro atoms. The predicted octanol–water partition coefficient (Wildman–Crippen LogP) is 1.26. The Kier molecular flexibility index (Phi) is 5.01. The van der Waals surface area contributed by atoms with Crippen molar-refractivity contribution in [1.82, 2.24) is 10.2 Å². The Labute approximate surface area is 110 Å². The quantitative estimate of drug-likeness (QED) is 0.767. The Bertz CT molecular complexity index is 283. The summed E-state index contributed by atoms with van der Waals surface area (Å²) >= 11 is 0. The van der Waals surface area contributed by atoms with E-state index in [0.717, 1.165) is 24.9 Å². The average Bonchev–Trinajstić information content (AvgIpc) is 2.43. The van der Waals surface area contributed by atoms with Gasteiger partial charge in [-0.2, -0.15) is 0 Å². The van der Waals surface area contributed by atoms with E-state index in [9.17, 15) is 4.79 Å². The molecule has 1 aliphatic carbocycles. The van der Waals surface area contributed by atoms with E-state index in [1.54, 1.807) is 0 Å². The standard InChI is InChI=1S/C14H26N2O2/c1-15-13(14(17)18-2)10-16-8-7-11-5-3-4-6-12(11)9-16/h11-13,15H,3-10H2,1-2H3. The number of piperidine rings is 1. The van der Waals surface area contributed by atoms with Gasteiger partial charge >= 0.3 is 5.97 Å². The molecule has 104 valence electrons. The maximum Gasteiger partial charge on any atom is 0.324 e. The number of hydrogen-bond donors (Lipinski definition) is 1. The maximum atomic E-state index is 11.6. The molecule has 2 aliphatic rings. The summed E-state index contributed by atoms with van der Waals surface area (Å²) in [5, 5.41) is 3.06. The van der Waals surface area contributed by atoms with E-state index in [1.807, 2.05) is 7.05 Å². The zero-order valence-corrected chi connectivity index (χ0v) is 11.7. The van der Waals surface area contributed by atoms with Crippen molar-refractivity contribution in [2.24, 2.45) is 11.8 Å². The Balaban J connectivity index is 1.84. The topological polar surface area (TPSA) is 41.6 Å². The summed E-state index contributed by atoms with van der Waals surface area (Å²) in [5.41, 5.74) is 0. The summed E-state index contributed by atoms with van der Waals surface area (Å²) in [5.74, 6) is 1.66. The van der Waals surface area contributed by atoms with Crippen LogP contribution in [0.15, 0.2) is 0 Å². The summed E-state index contributed by atoms with van der Waals surface area (Å²) in [7, 11) is 3.29. The van der Waals surface area contributed by atoms with Crippen molar-refractivity contribution in [2.45, 2.75) is 38.1 Å². The first-order chi connectivity index (χ1) is 8.74. The largest absolute Gasteiger partial charge is 0.468 e. The van der Waals surface area contributed by atoms with Crippen LogP contribution in [0.3, 0.4) is 0 Å². The fourth-order valence-electron chi connectivity index (χ4n) is 3.53. The highest BCUT2D eigenvalue weighted by Crippen LogP contribution is 2.35. The molecule has 1 saturated heterocycles. The van der Waals surface area contributed by atoms with Gasteiger partial charge in [0.25, 0.3) is 0 Å². The normalized spacial score (nSPS) is 30.6. The lowest BCUT2D eigenvalue weighted by Crippen LogP contribution is -2.50. The van der Waals surface area contributed by atoms with Crippen molar-refractivity contribution in [2.75, 3.05) is 33.8 Å². The van der Waals surface area contributed by atoms with Crippen LogP contribution in [0.5, 0.6) is 0 Å². The highest BCUT2D eigenvalue weighted by Gasteiger charge is 2.32. The fourth-order valence-corrected chi connectivity index (χ4v) is 3.53. The number of ether oxygens (including phenoxy) is 1. The van der Waals surface area contributed by atoms with Crippen molar-refractivity contribution in [3.63, 3.8) is 0 Å². The Morgan fingerprint density at radius 2 is 2.06 bits per heavy atom. The smallest absolute Gasteiger partial charge is 0.324 e. The molecule has 2 rings (SSSR count). The van der Waals surface area contributed by atoms with Crippen LogP contribution in [0, 0.1) is 11.8 Å². The van der Waals surface area contributed by atoms with Gasteiger partial charge in [0.05, 0.1) is 7.11 Å². The predicted molar refractivity (Wildman–Crippen MR) is 71.4 cm³/mol.